The van der Waals surface area contributed by atoms with E-state index in [1.54, 1.807) is 30.3 Å². The summed E-state index contributed by atoms with van der Waals surface area (Å²) in [5.74, 6) is -1.15. The normalized spacial score (nSPS) is 13.6. The van der Waals surface area contributed by atoms with E-state index >= 15 is 0 Å². The van der Waals surface area contributed by atoms with E-state index < -0.39 is 11.7 Å². The molecule has 0 spiro atoms. The maximum absolute atomic E-state index is 13.8. The number of aromatic amines is 1. The van der Waals surface area contributed by atoms with Gasteiger partial charge in [-0.1, -0.05) is 30.3 Å². The Bertz CT molecular complexity index is 1030. The summed E-state index contributed by atoms with van der Waals surface area (Å²) in [7, 11) is 0. The first-order valence-electron chi connectivity index (χ1n) is 6.39. The molecule has 0 atom stereocenters. The summed E-state index contributed by atoms with van der Waals surface area (Å²) in [6, 6.07) is 11.6. The lowest BCUT2D eigenvalue weighted by Gasteiger charge is -2.00. The SMILES string of the molecule is O=C1N=c2ccccc2=C1c1c(O)[nH]c2c(F)cccc12. The fourth-order valence-corrected chi connectivity index (χ4v) is 2.73. The number of amides is 1. The Hall–Kier alpha value is -2.95. The zero-order chi connectivity index (χ0) is 14.6. The van der Waals surface area contributed by atoms with Gasteiger partial charge in [0.2, 0.25) is 0 Å². The topological polar surface area (TPSA) is 65.4 Å². The lowest BCUT2D eigenvalue weighted by atomic mass is 10.0. The number of benzene rings is 2. The largest absolute Gasteiger partial charge is 0.494 e. The molecule has 3 aromatic rings. The van der Waals surface area contributed by atoms with Gasteiger partial charge in [-0.15, -0.1) is 0 Å². The van der Waals surface area contributed by atoms with E-state index in [1.807, 2.05) is 0 Å². The lowest BCUT2D eigenvalue weighted by Crippen LogP contribution is -2.22. The third-order valence-electron chi connectivity index (χ3n) is 3.62. The molecular formula is C16H9FN2O2. The molecule has 4 nitrogen and oxygen atoms in total. The Morgan fingerprint density at radius 3 is 2.76 bits per heavy atom. The molecule has 2 aromatic carbocycles. The fraction of sp³-hybridized carbons (Fsp3) is 0. The number of carbonyl (C=O) groups excluding carboxylic acids is 1. The van der Waals surface area contributed by atoms with Gasteiger partial charge in [0.25, 0.3) is 5.91 Å². The van der Waals surface area contributed by atoms with Crippen LogP contribution < -0.4 is 10.6 Å². The molecule has 1 aromatic heterocycles. The Kier molecular flexibility index (Phi) is 2.27. The van der Waals surface area contributed by atoms with Crippen molar-refractivity contribution in [3.63, 3.8) is 0 Å². The average Bonchev–Trinajstić information content (AvgIpc) is 2.96. The number of H-pyrrole nitrogens is 1. The number of nitrogens with one attached hydrogen (secondary N) is 1. The van der Waals surface area contributed by atoms with E-state index in [9.17, 15) is 14.3 Å². The summed E-state index contributed by atoms with van der Waals surface area (Å²) < 4.78 is 13.8. The zero-order valence-corrected chi connectivity index (χ0v) is 10.7. The van der Waals surface area contributed by atoms with E-state index in [0.717, 1.165) is 0 Å². The summed E-state index contributed by atoms with van der Waals surface area (Å²) in [4.78, 5) is 18.7. The predicted octanol–water partition coefficient (Wildman–Crippen LogP) is 1.37. The van der Waals surface area contributed by atoms with Crippen molar-refractivity contribution in [1.29, 1.82) is 0 Å². The number of fused-ring (bicyclic) bond motifs is 2. The summed E-state index contributed by atoms with van der Waals surface area (Å²) in [5.41, 5.74) is 0.762. The number of hydrogen-bond donors (Lipinski definition) is 2. The van der Waals surface area contributed by atoms with Crippen LogP contribution in [0.3, 0.4) is 0 Å². The highest BCUT2D eigenvalue weighted by Gasteiger charge is 2.25. The van der Waals surface area contributed by atoms with Gasteiger partial charge in [-0.05, 0) is 12.1 Å². The second-order valence-electron chi connectivity index (χ2n) is 4.82. The number of aromatic hydroxyl groups is 1. The van der Waals surface area contributed by atoms with Crippen molar-refractivity contribution in [2.24, 2.45) is 4.99 Å². The van der Waals surface area contributed by atoms with Crippen LogP contribution in [-0.4, -0.2) is 16.0 Å². The van der Waals surface area contributed by atoms with Crippen molar-refractivity contribution in [3.8, 4) is 5.88 Å². The average molecular weight is 280 g/mol. The number of aromatic nitrogens is 1. The molecule has 2 N–H and O–H groups in total. The van der Waals surface area contributed by atoms with Gasteiger partial charge in [-0.3, -0.25) is 4.79 Å². The van der Waals surface area contributed by atoms with Crippen molar-refractivity contribution < 1.29 is 14.3 Å². The maximum atomic E-state index is 13.8. The lowest BCUT2D eigenvalue weighted by molar-refractivity contribution is -0.112. The van der Waals surface area contributed by atoms with Gasteiger partial charge in [-0.2, -0.15) is 0 Å². The minimum atomic E-state index is -0.481. The maximum Gasteiger partial charge on any atom is 0.279 e. The quantitative estimate of drug-likeness (QED) is 0.707. The van der Waals surface area contributed by atoms with Crippen LogP contribution in [0, 0.1) is 5.82 Å². The molecule has 1 aliphatic heterocycles. The van der Waals surface area contributed by atoms with E-state index in [-0.39, 0.29) is 11.4 Å². The number of para-hydroxylation sites is 2. The molecule has 5 heteroatoms. The van der Waals surface area contributed by atoms with Crippen LogP contribution in [-0.2, 0) is 4.79 Å². The minimum Gasteiger partial charge on any atom is -0.494 e. The molecule has 102 valence electrons. The summed E-state index contributed by atoms with van der Waals surface area (Å²) in [5, 5.41) is 11.8. The molecule has 0 saturated heterocycles. The molecular weight excluding hydrogens is 271 g/mol. The van der Waals surface area contributed by atoms with Crippen molar-refractivity contribution in [2.45, 2.75) is 0 Å². The van der Waals surface area contributed by atoms with E-state index in [4.69, 9.17) is 0 Å². The van der Waals surface area contributed by atoms with E-state index in [2.05, 4.69) is 9.98 Å². The highest BCUT2D eigenvalue weighted by molar-refractivity contribution is 6.24. The van der Waals surface area contributed by atoms with Gasteiger partial charge in [-0.25, -0.2) is 9.38 Å². The molecule has 1 aliphatic rings. The van der Waals surface area contributed by atoms with Gasteiger partial charge in [0.15, 0.2) is 5.88 Å². The summed E-state index contributed by atoms with van der Waals surface area (Å²) in [6.45, 7) is 0. The molecule has 0 aliphatic carbocycles. The van der Waals surface area contributed by atoms with Crippen LogP contribution in [0.2, 0.25) is 0 Å². The molecule has 0 saturated carbocycles. The third kappa shape index (κ3) is 1.54. The van der Waals surface area contributed by atoms with Gasteiger partial charge < -0.3 is 10.1 Å². The van der Waals surface area contributed by atoms with Gasteiger partial charge >= 0.3 is 0 Å². The molecule has 0 fully saturated rings. The highest BCUT2D eigenvalue weighted by atomic mass is 19.1. The van der Waals surface area contributed by atoms with Crippen LogP contribution in [0.1, 0.15) is 5.56 Å². The van der Waals surface area contributed by atoms with Crippen molar-refractivity contribution in [1.82, 2.24) is 4.98 Å². The first-order valence-corrected chi connectivity index (χ1v) is 6.39. The Morgan fingerprint density at radius 1 is 1.10 bits per heavy atom. The van der Waals surface area contributed by atoms with Crippen LogP contribution >= 0.6 is 0 Å². The number of carbonyl (C=O) groups is 1. The molecule has 0 radical (unpaired) electrons. The first-order chi connectivity index (χ1) is 10.2. The first kappa shape index (κ1) is 11.8. The molecule has 0 bridgehead atoms. The smallest absolute Gasteiger partial charge is 0.279 e. The zero-order valence-electron chi connectivity index (χ0n) is 10.7. The standard InChI is InChI=1S/C16H9FN2O2/c17-10-6-3-5-9-13(16(21)19-14(9)10)12-8-4-1-2-7-11(8)18-15(12)20/h1-7,19,21H. The molecule has 2 heterocycles. The second-order valence-corrected chi connectivity index (χ2v) is 4.82. The van der Waals surface area contributed by atoms with Crippen LogP contribution in [0.25, 0.3) is 16.5 Å². The predicted molar refractivity (Wildman–Crippen MR) is 74.7 cm³/mol. The summed E-state index contributed by atoms with van der Waals surface area (Å²) >= 11 is 0. The van der Waals surface area contributed by atoms with Gasteiger partial charge in [0, 0.05) is 10.6 Å². The Morgan fingerprint density at radius 2 is 1.90 bits per heavy atom. The third-order valence-corrected chi connectivity index (χ3v) is 3.62. The summed E-state index contributed by atoms with van der Waals surface area (Å²) in [6.07, 6.45) is 0. The van der Waals surface area contributed by atoms with E-state index in [0.29, 0.717) is 27.1 Å². The number of halogens is 1. The molecule has 4 rings (SSSR count). The molecule has 1 amide bonds. The highest BCUT2D eigenvalue weighted by Crippen LogP contribution is 2.34. The Balaban J connectivity index is 2.19. The second kappa shape index (κ2) is 4.02. The van der Waals surface area contributed by atoms with Crippen LogP contribution in [0.15, 0.2) is 47.5 Å². The Labute approximate surface area is 117 Å². The van der Waals surface area contributed by atoms with Gasteiger partial charge in [0.05, 0.1) is 22.0 Å². The van der Waals surface area contributed by atoms with Crippen molar-refractivity contribution in [2.75, 3.05) is 0 Å². The van der Waals surface area contributed by atoms with Crippen molar-refractivity contribution >= 4 is 22.4 Å². The minimum absolute atomic E-state index is 0.176. The van der Waals surface area contributed by atoms with Crippen LogP contribution in [0.5, 0.6) is 5.88 Å². The van der Waals surface area contributed by atoms with Crippen LogP contribution in [0.4, 0.5) is 4.39 Å². The monoisotopic (exact) mass is 280 g/mol. The molecule has 0 unspecified atom stereocenters. The van der Waals surface area contributed by atoms with Gasteiger partial charge in [0.1, 0.15) is 5.82 Å². The van der Waals surface area contributed by atoms with E-state index in [1.165, 1.54) is 12.1 Å². The number of hydrogen-bond acceptors (Lipinski definition) is 2. The fourth-order valence-electron chi connectivity index (χ4n) is 2.73. The number of nitrogens with zero attached hydrogens (tertiary/aromatic N) is 1. The number of rotatable bonds is 1. The molecule has 21 heavy (non-hydrogen) atoms. The van der Waals surface area contributed by atoms with Crippen molar-refractivity contribution in [3.05, 3.63) is 64.4 Å².